The summed E-state index contributed by atoms with van der Waals surface area (Å²) < 4.78 is 5.25. The molecule has 2 aliphatic rings. The summed E-state index contributed by atoms with van der Waals surface area (Å²) in [5.41, 5.74) is 2.83. The summed E-state index contributed by atoms with van der Waals surface area (Å²) in [6.45, 7) is 9.51. The number of piperidine rings is 1. The van der Waals surface area contributed by atoms with Crippen molar-refractivity contribution in [2.45, 2.75) is 65.5 Å². The monoisotopic (exact) mass is 507 g/mol. The first-order valence-corrected chi connectivity index (χ1v) is 12.4. The van der Waals surface area contributed by atoms with Gasteiger partial charge in [0.05, 0.1) is 24.3 Å². The molecule has 0 spiro atoms. The number of aromatic nitrogens is 1. The van der Waals surface area contributed by atoms with E-state index < -0.39 is 23.5 Å². The lowest BCUT2D eigenvalue weighted by atomic mass is 9.87. The van der Waals surface area contributed by atoms with Crippen molar-refractivity contribution in [1.82, 2.24) is 9.88 Å². The molecule has 1 aromatic heterocycles. The number of fused-ring (bicyclic) bond motifs is 1. The van der Waals surface area contributed by atoms with Crippen molar-refractivity contribution < 1.29 is 23.9 Å². The predicted octanol–water partition coefficient (Wildman–Crippen LogP) is 4.17. The van der Waals surface area contributed by atoms with Crippen LogP contribution in [0.2, 0.25) is 0 Å². The van der Waals surface area contributed by atoms with Crippen molar-refractivity contribution in [3.63, 3.8) is 0 Å². The largest absolute Gasteiger partial charge is 0.444 e. The van der Waals surface area contributed by atoms with Crippen LogP contribution >= 0.6 is 0 Å². The van der Waals surface area contributed by atoms with Gasteiger partial charge in [-0.1, -0.05) is 19.1 Å². The van der Waals surface area contributed by atoms with E-state index in [1.165, 1.54) is 6.20 Å². The highest BCUT2D eigenvalue weighted by molar-refractivity contribution is 6.39. The molecule has 0 bridgehead atoms. The predicted molar refractivity (Wildman–Crippen MR) is 139 cm³/mol. The summed E-state index contributed by atoms with van der Waals surface area (Å²) in [5.74, 6) is -0.944. The molecule has 1 fully saturated rings. The molecule has 10 heteroatoms. The third kappa shape index (κ3) is 6.07. The Morgan fingerprint density at radius 3 is 2.62 bits per heavy atom. The van der Waals surface area contributed by atoms with Gasteiger partial charge >= 0.3 is 17.9 Å². The molecule has 4 amide bonds. The average Bonchev–Trinajstić information content (AvgIpc) is 3.19. The van der Waals surface area contributed by atoms with E-state index in [4.69, 9.17) is 4.74 Å². The highest BCUT2D eigenvalue weighted by Gasteiger charge is 2.36. The summed E-state index contributed by atoms with van der Waals surface area (Å²) in [5, 5.41) is 8.08. The van der Waals surface area contributed by atoms with Gasteiger partial charge in [-0.15, -0.1) is 0 Å². The number of rotatable bonds is 3. The maximum Gasteiger partial charge on any atom is 0.413 e. The molecule has 0 radical (unpaired) electrons. The van der Waals surface area contributed by atoms with E-state index in [1.54, 1.807) is 38.7 Å². The first kappa shape index (κ1) is 26.1. The van der Waals surface area contributed by atoms with Crippen LogP contribution in [0.25, 0.3) is 0 Å². The number of amides is 4. The van der Waals surface area contributed by atoms with Crippen LogP contribution < -0.4 is 16.0 Å². The van der Waals surface area contributed by atoms with E-state index in [2.05, 4.69) is 27.9 Å². The van der Waals surface area contributed by atoms with Gasteiger partial charge in [0.15, 0.2) is 0 Å². The Bertz CT molecular complexity index is 1250. The summed E-state index contributed by atoms with van der Waals surface area (Å²) >= 11 is 0. The van der Waals surface area contributed by atoms with Crippen LogP contribution in [0, 0.1) is 12.8 Å². The van der Waals surface area contributed by atoms with E-state index in [0.29, 0.717) is 30.0 Å². The number of ether oxygens (including phenoxy) is 1. The maximum atomic E-state index is 13.4. The number of carbonyl (C=O) groups excluding carboxylic acids is 4. The lowest BCUT2D eigenvalue weighted by Gasteiger charge is -2.39. The number of anilines is 3. The number of pyridine rings is 1. The van der Waals surface area contributed by atoms with Gasteiger partial charge in [-0.25, -0.2) is 9.78 Å². The normalized spacial score (nSPS) is 19.1. The number of aryl methyl sites for hydroxylation is 1. The molecule has 37 heavy (non-hydrogen) atoms. The fourth-order valence-corrected chi connectivity index (χ4v) is 4.78. The number of nitrogens with one attached hydrogen (secondary N) is 3. The Labute approximate surface area is 216 Å². The molecule has 3 heterocycles. The maximum absolute atomic E-state index is 13.4. The van der Waals surface area contributed by atoms with Crippen molar-refractivity contribution >= 4 is 41.0 Å². The third-order valence-electron chi connectivity index (χ3n) is 6.41. The van der Waals surface area contributed by atoms with Crippen LogP contribution in [0.1, 0.15) is 63.3 Å². The van der Waals surface area contributed by atoms with Gasteiger partial charge < -0.3 is 20.3 Å². The smallest absolute Gasteiger partial charge is 0.413 e. The lowest BCUT2D eigenvalue weighted by Crippen LogP contribution is -2.46. The molecule has 2 aromatic rings. The Morgan fingerprint density at radius 1 is 1.16 bits per heavy atom. The minimum atomic E-state index is -0.769. The summed E-state index contributed by atoms with van der Waals surface area (Å²) in [7, 11) is 0. The Hall–Kier alpha value is -3.95. The molecule has 10 nitrogen and oxygen atoms in total. The number of nitrogens with zero attached hydrogens (tertiary/aromatic N) is 2. The van der Waals surface area contributed by atoms with Gasteiger partial charge in [-0.2, -0.15) is 0 Å². The van der Waals surface area contributed by atoms with E-state index >= 15 is 0 Å². The van der Waals surface area contributed by atoms with Crippen molar-refractivity contribution in [2.75, 3.05) is 22.5 Å². The summed E-state index contributed by atoms with van der Waals surface area (Å²) in [6, 6.07) is 6.98. The van der Waals surface area contributed by atoms with E-state index in [9.17, 15) is 19.2 Å². The van der Waals surface area contributed by atoms with Gasteiger partial charge in [0.1, 0.15) is 11.4 Å². The summed E-state index contributed by atoms with van der Waals surface area (Å²) in [6.07, 6.45) is 2.63. The molecular formula is C27H33N5O5. The average molecular weight is 508 g/mol. The third-order valence-corrected chi connectivity index (χ3v) is 6.41. The first-order valence-electron chi connectivity index (χ1n) is 12.4. The highest BCUT2D eigenvalue weighted by Crippen LogP contribution is 2.39. The zero-order valence-electron chi connectivity index (χ0n) is 21.8. The highest BCUT2D eigenvalue weighted by atomic mass is 16.6. The second kappa shape index (κ2) is 10.2. The molecule has 4 rings (SSSR count). The van der Waals surface area contributed by atoms with Crippen molar-refractivity contribution in [3.8, 4) is 0 Å². The van der Waals surface area contributed by atoms with Crippen LogP contribution in [0.3, 0.4) is 0 Å². The first-order chi connectivity index (χ1) is 17.4. The quantitative estimate of drug-likeness (QED) is 0.535. The van der Waals surface area contributed by atoms with Gasteiger partial charge in [-0.3, -0.25) is 19.7 Å². The van der Waals surface area contributed by atoms with E-state index in [1.807, 2.05) is 18.2 Å². The van der Waals surface area contributed by atoms with Gasteiger partial charge in [0.25, 0.3) is 0 Å². The molecule has 0 saturated carbocycles. The molecule has 2 aliphatic heterocycles. The van der Waals surface area contributed by atoms with Crippen LogP contribution in [-0.2, 0) is 25.5 Å². The topological polar surface area (TPSA) is 130 Å². The Balaban J connectivity index is 1.48. The van der Waals surface area contributed by atoms with Gasteiger partial charge in [0, 0.05) is 12.2 Å². The standard InChI is InChI=1S/C27H33N5O5/c1-15-9-10-21(18-7-6-8-20-19(18)12-22(33)30-20)32(14-15)25(35)24(34)29-17-11-16(2)23(28-13-17)31-26(36)37-27(3,4)5/h6-8,11,13,15,21H,9-10,12,14H2,1-5H3,(H,29,34)(H,30,33)(H,28,31,36)/t15-,21+/m1/s1. The molecular weight excluding hydrogens is 474 g/mol. The zero-order chi connectivity index (χ0) is 26.9. The molecule has 1 saturated heterocycles. The molecule has 196 valence electrons. The second-order valence-electron chi connectivity index (χ2n) is 10.7. The SMILES string of the molecule is Cc1cc(NC(=O)C(=O)N2C[C@H](C)CC[C@H]2c2cccc3c2CC(=O)N3)cnc1NC(=O)OC(C)(C)C. The fraction of sp³-hybridized carbons (Fsp3) is 0.444. The van der Waals surface area contributed by atoms with Crippen LogP contribution in [0.15, 0.2) is 30.5 Å². The molecule has 1 aromatic carbocycles. The van der Waals surface area contributed by atoms with Crippen LogP contribution in [0.5, 0.6) is 0 Å². The van der Waals surface area contributed by atoms with Gasteiger partial charge in [0.2, 0.25) is 5.91 Å². The van der Waals surface area contributed by atoms with Crippen LogP contribution in [0.4, 0.5) is 22.0 Å². The molecule has 2 atom stereocenters. The second-order valence-corrected chi connectivity index (χ2v) is 10.7. The van der Waals surface area contributed by atoms with Crippen molar-refractivity contribution in [2.24, 2.45) is 5.92 Å². The van der Waals surface area contributed by atoms with Gasteiger partial charge in [-0.05, 0) is 75.3 Å². The summed E-state index contributed by atoms with van der Waals surface area (Å²) in [4.78, 5) is 56.3. The number of hydrogen-bond donors (Lipinski definition) is 3. The number of carbonyl (C=O) groups is 4. The number of hydrogen-bond acceptors (Lipinski definition) is 6. The minimum Gasteiger partial charge on any atom is -0.444 e. The fourth-order valence-electron chi connectivity index (χ4n) is 4.78. The van der Waals surface area contributed by atoms with E-state index in [-0.39, 0.29) is 24.3 Å². The zero-order valence-corrected chi connectivity index (χ0v) is 21.8. The molecule has 3 N–H and O–H groups in total. The lowest BCUT2D eigenvalue weighted by molar-refractivity contribution is -0.146. The Morgan fingerprint density at radius 2 is 1.92 bits per heavy atom. The number of likely N-dealkylation sites (tertiary alicyclic amines) is 1. The van der Waals surface area contributed by atoms with Crippen molar-refractivity contribution in [1.29, 1.82) is 0 Å². The van der Waals surface area contributed by atoms with Crippen LogP contribution in [-0.4, -0.2) is 45.8 Å². The molecule has 0 aliphatic carbocycles. The minimum absolute atomic E-state index is 0.0743. The number of benzene rings is 1. The Kier molecular flexibility index (Phi) is 7.20. The van der Waals surface area contributed by atoms with Crippen molar-refractivity contribution in [3.05, 3.63) is 47.2 Å². The molecule has 0 unspecified atom stereocenters. The van der Waals surface area contributed by atoms with E-state index in [0.717, 1.165) is 23.2 Å².